The number of guanidine groups is 1. The van der Waals surface area contributed by atoms with Crippen LogP contribution in [0.15, 0.2) is 40.7 Å². The highest BCUT2D eigenvalue weighted by Gasteiger charge is 2.24. The maximum absolute atomic E-state index is 4.52. The number of benzene rings is 1. The Bertz CT molecular complexity index is 686. The molecule has 0 radical (unpaired) electrons. The third-order valence-corrected chi connectivity index (χ3v) is 5.71. The summed E-state index contributed by atoms with van der Waals surface area (Å²) in [7, 11) is 1.89. The average molecular weight is 484 g/mol. The smallest absolute Gasteiger partial charge is 0.193 e. The van der Waals surface area contributed by atoms with Crippen molar-refractivity contribution < 1.29 is 0 Å². The normalized spacial score (nSPS) is 17.2. The van der Waals surface area contributed by atoms with Crippen molar-refractivity contribution in [2.24, 2.45) is 10.9 Å². The van der Waals surface area contributed by atoms with Crippen molar-refractivity contribution in [1.82, 2.24) is 15.2 Å². The predicted molar refractivity (Wildman–Crippen MR) is 122 cm³/mol. The highest BCUT2D eigenvalue weighted by molar-refractivity contribution is 14.0. The molecular weight excluding hydrogens is 455 g/mol. The number of aryl methyl sites for hydroxylation is 2. The Morgan fingerprint density at radius 3 is 2.85 bits per heavy atom. The van der Waals surface area contributed by atoms with Crippen LogP contribution in [-0.4, -0.2) is 42.5 Å². The first-order chi connectivity index (χ1) is 12.2. The largest absolute Gasteiger partial charge is 0.356 e. The van der Waals surface area contributed by atoms with Crippen LogP contribution in [0.3, 0.4) is 0 Å². The molecule has 1 aliphatic rings. The molecule has 0 bridgehead atoms. The summed E-state index contributed by atoms with van der Waals surface area (Å²) >= 11 is 1.76. The van der Waals surface area contributed by atoms with Gasteiger partial charge in [-0.2, -0.15) is 0 Å². The number of likely N-dealkylation sites (tertiary alicyclic amines) is 1. The molecule has 0 aliphatic carbocycles. The molecule has 1 fully saturated rings. The van der Waals surface area contributed by atoms with E-state index < -0.39 is 0 Å². The van der Waals surface area contributed by atoms with Gasteiger partial charge in [-0.25, -0.2) is 4.98 Å². The van der Waals surface area contributed by atoms with E-state index in [1.54, 1.807) is 11.3 Å². The summed E-state index contributed by atoms with van der Waals surface area (Å²) in [5, 5.41) is 6.88. The van der Waals surface area contributed by atoms with Crippen molar-refractivity contribution in [3.8, 4) is 0 Å². The summed E-state index contributed by atoms with van der Waals surface area (Å²) in [5.74, 6) is 1.77. The van der Waals surface area contributed by atoms with Crippen molar-refractivity contribution in [2.45, 2.75) is 32.6 Å². The Balaban J connectivity index is 0.00000243. The minimum absolute atomic E-state index is 0. The first-order valence-corrected chi connectivity index (χ1v) is 10.0. The van der Waals surface area contributed by atoms with Crippen LogP contribution in [0.1, 0.15) is 29.1 Å². The van der Waals surface area contributed by atoms with Gasteiger partial charge in [-0.3, -0.25) is 4.99 Å². The lowest BCUT2D eigenvalue weighted by molar-refractivity contribution is 0.459. The number of nitrogens with one attached hydrogen (secondary N) is 1. The third kappa shape index (κ3) is 6.23. The number of nitrogens with zero attached hydrogens (tertiary/aromatic N) is 3. The Kier molecular flexibility index (Phi) is 8.84. The van der Waals surface area contributed by atoms with Crippen LogP contribution >= 0.6 is 35.3 Å². The predicted octanol–water partition coefficient (Wildman–Crippen LogP) is 4.14. The zero-order valence-electron chi connectivity index (χ0n) is 15.6. The van der Waals surface area contributed by atoms with Gasteiger partial charge in [0.2, 0.25) is 0 Å². The molecule has 1 aliphatic heterocycles. The van der Waals surface area contributed by atoms with Crippen molar-refractivity contribution in [3.05, 3.63) is 52.0 Å². The topological polar surface area (TPSA) is 40.5 Å². The van der Waals surface area contributed by atoms with Gasteiger partial charge < -0.3 is 10.2 Å². The lowest BCUT2D eigenvalue weighted by Gasteiger charge is -2.21. The molecule has 0 amide bonds. The van der Waals surface area contributed by atoms with Crippen LogP contribution in [0.5, 0.6) is 0 Å². The van der Waals surface area contributed by atoms with E-state index >= 15 is 0 Å². The summed E-state index contributed by atoms with van der Waals surface area (Å²) in [6, 6.07) is 10.8. The first kappa shape index (κ1) is 21.2. The second-order valence-corrected chi connectivity index (χ2v) is 7.69. The van der Waals surface area contributed by atoms with E-state index in [0.717, 1.165) is 56.5 Å². The third-order valence-electron chi connectivity index (χ3n) is 4.68. The number of hydrogen-bond acceptors (Lipinski definition) is 3. The van der Waals surface area contributed by atoms with E-state index in [4.69, 9.17) is 0 Å². The van der Waals surface area contributed by atoms with E-state index in [9.17, 15) is 0 Å². The summed E-state index contributed by atoms with van der Waals surface area (Å²) in [5.41, 5.74) is 2.57. The number of halogens is 1. The monoisotopic (exact) mass is 484 g/mol. The lowest BCUT2D eigenvalue weighted by Crippen LogP contribution is -2.40. The van der Waals surface area contributed by atoms with Gasteiger partial charge in [0.1, 0.15) is 0 Å². The molecule has 142 valence electrons. The fourth-order valence-corrected chi connectivity index (χ4v) is 4.25. The molecule has 26 heavy (non-hydrogen) atoms. The first-order valence-electron chi connectivity index (χ1n) is 9.15. The molecule has 1 atom stereocenters. The van der Waals surface area contributed by atoms with Crippen LogP contribution in [0.2, 0.25) is 0 Å². The number of aliphatic imine (C=N–C) groups is 1. The van der Waals surface area contributed by atoms with Gasteiger partial charge in [0.25, 0.3) is 0 Å². The quantitative estimate of drug-likeness (QED) is 0.290. The summed E-state index contributed by atoms with van der Waals surface area (Å²) in [6.45, 7) is 5.20. The molecular formula is C20H29IN4S. The van der Waals surface area contributed by atoms with Crippen LogP contribution < -0.4 is 5.32 Å². The molecule has 1 N–H and O–H groups in total. The Morgan fingerprint density at radius 2 is 2.15 bits per heavy atom. The van der Waals surface area contributed by atoms with Crippen molar-refractivity contribution in [2.75, 3.05) is 26.7 Å². The molecule has 0 spiro atoms. The summed E-state index contributed by atoms with van der Waals surface area (Å²) < 4.78 is 0. The SMILES string of the molecule is CN=C(NCCCc1nc(C)cs1)N1CCC(Cc2ccccc2)C1.I. The van der Waals surface area contributed by atoms with Gasteiger partial charge in [-0.05, 0) is 37.7 Å². The van der Waals surface area contributed by atoms with Gasteiger partial charge in [0.15, 0.2) is 5.96 Å². The van der Waals surface area contributed by atoms with E-state index in [0.29, 0.717) is 0 Å². The van der Waals surface area contributed by atoms with E-state index in [2.05, 4.69) is 62.8 Å². The number of rotatable bonds is 6. The van der Waals surface area contributed by atoms with Gasteiger partial charge in [-0.1, -0.05) is 30.3 Å². The molecule has 2 aromatic rings. The van der Waals surface area contributed by atoms with Gasteiger partial charge in [-0.15, -0.1) is 35.3 Å². The zero-order valence-corrected chi connectivity index (χ0v) is 18.8. The minimum atomic E-state index is 0. The average Bonchev–Trinajstić information content (AvgIpc) is 3.25. The van der Waals surface area contributed by atoms with E-state index in [1.165, 1.54) is 17.0 Å². The molecule has 1 saturated heterocycles. The molecule has 1 unspecified atom stereocenters. The van der Waals surface area contributed by atoms with Crippen LogP contribution in [0.4, 0.5) is 0 Å². The van der Waals surface area contributed by atoms with Crippen molar-refractivity contribution in [3.63, 3.8) is 0 Å². The van der Waals surface area contributed by atoms with Crippen LogP contribution in [0, 0.1) is 12.8 Å². The summed E-state index contributed by atoms with van der Waals surface area (Å²) in [4.78, 5) is 11.4. The van der Waals surface area contributed by atoms with E-state index in [1.807, 2.05) is 7.05 Å². The number of aromatic nitrogens is 1. The number of thiazole rings is 1. The highest BCUT2D eigenvalue weighted by Crippen LogP contribution is 2.20. The number of hydrogen-bond donors (Lipinski definition) is 1. The molecule has 3 rings (SSSR count). The van der Waals surface area contributed by atoms with Crippen molar-refractivity contribution >= 4 is 41.3 Å². The lowest BCUT2D eigenvalue weighted by atomic mass is 9.99. The van der Waals surface area contributed by atoms with Gasteiger partial charge in [0, 0.05) is 44.2 Å². The second-order valence-electron chi connectivity index (χ2n) is 6.75. The van der Waals surface area contributed by atoms with Crippen LogP contribution in [0.25, 0.3) is 0 Å². The standard InChI is InChI=1S/C20H28N4S.HI/c1-16-15-25-19(23-16)9-6-11-22-20(21-2)24-12-10-18(14-24)13-17-7-4-3-5-8-17;/h3-5,7-8,15,18H,6,9-14H2,1-2H3,(H,21,22);1H. The Hall–Kier alpha value is -1.15. The molecule has 1 aromatic heterocycles. The molecule has 2 heterocycles. The second kappa shape index (κ2) is 10.9. The Morgan fingerprint density at radius 1 is 1.35 bits per heavy atom. The zero-order chi connectivity index (χ0) is 17.5. The minimum Gasteiger partial charge on any atom is -0.356 e. The molecule has 0 saturated carbocycles. The van der Waals surface area contributed by atoms with Gasteiger partial charge in [0.05, 0.1) is 5.01 Å². The fourth-order valence-electron chi connectivity index (χ4n) is 3.43. The maximum atomic E-state index is 4.52. The molecule has 4 nitrogen and oxygen atoms in total. The molecule has 1 aromatic carbocycles. The van der Waals surface area contributed by atoms with Crippen molar-refractivity contribution in [1.29, 1.82) is 0 Å². The van der Waals surface area contributed by atoms with Crippen LogP contribution in [-0.2, 0) is 12.8 Å². The van der Waals surface area contributed by atoms with Gasteiger partial charge >= 0.3 is 0 Å². The summed E-state index contributed by atoms with van der Waals surface area (Å²) in [6.07, 6.45) is 4.54. The van der Waals surface area contributed by atoms with E-state index in [-0.39, 0.29) is 24.0 Å². The Labute approximate surface area is 178 Å². The molecule has 6 heteroatoms. The highest BCUT2D eigenvalue weighted by atomic mass is 127. The fraction of sp³-hybridized carbons (Fsp3) is 0.500. The maximum Gasteiger partial charge on any atom is 0.193 e.